The molecule has 0 spiro atoms. The molecule has 0 radical (unpaired) electrons. The van der Waals surface area contributed by atoms with Gasteiger partial charge >= 0.3 is 5.97 Å². The minimum absolute atomic E-state index is 0.0295. The van der Waals surface area contributed by atoms with Crippen molar-refractivity contribution >= 4 is 17.3 Å². The van der Waals surface area contributed by atoms with Crippen molar-refractivity contribution in [2.24, 2.45) is 0 Å². The fourth-order valence-corrected chi connectivity index (χ4v) is 3.61. The molecular formula is C16H22FNO3S. The molecule has 22 heavy (non-hydrogen) atoms. The lowest BCUT2D eigenvalue weighted by atomic mass is 9.89. The van der Waals surface area contributed by atoms with Crippen LogP contribution in [0.25, 0.3) is 0 Å². The second-order valence-corrected chi connectivity index (χ2v) is 8.59. The Balaban J connectivity index is 2.41. The molecule has 6 heteroatoms. The lowest BCUT2D eigenvalue weighted by molar-refractivity contribution is -0.142. The van der Waals surface area contributed by atoms with Crippen molar-refractivity contribution < 1.29 is 18.5 Å². The summed E-state index contributed by atoms with van der Waals surface area (Å²) in [6.07, 6.45) is 1.32. The monoisotopic (exact) mass is 327 g/mol. The molecule has 0 fully saturated rings. The zero-order chi connectivity index (χ0) is 16.5. The SMILES string of the molecule is COC(=O)C[C@@]1(N[S+]([O-])C(C)(C)C)CCc2ccc(F)cc21. The van der Waals surface area contributed by atoms with Crippen molar-refractivity contribution in [1.82, 2.24) is 4.72 Å². The van der Waals surface area contributed by atoms with Crippen LogP contribution >= 0.6 is 0 Å². The van der Waals surface area contributed by atoms with Crippen LogP contribution in [0.15, 0.2) is 18.2 Å². The third-order valence-corrected chi connectivity index (χ3v) is 5.62. The van der Waals surface area contributed by atoms with E-state index in [0.717, 1.165) is 5.56 Å². The molecule has 1 N–H and O–H groups in total. The molecule has 0 saturated heterocycles. The van der Waals surface area contributed by atoms with Gasteiger partial charge in [0.15, 0.2) is 0 Å². The first-order chi connectivity index (χ1) is 10.2. The van der Waals surface area contributed by atoms with Crippen LogP contribution in [0.5, 0.6) is 0 Å². The zero-order valence-corrected chi connectivity index (χ0v) is 14.2. The van der Waals surface area contributed by atoms with Crippen molar-refractivity contribution in [1.29, 1.82) is 0 Å². The van der Waals surface area contributed by atoms with Crippen LogP contribution in [0.1, 0.15) is 44.7 Å². The van der Waals surface area contributed by atoms with Gasteiger partial charge in [-0.25, -0.2) is 4.39 Å². The number of aryl methyl sites for hydroxylation is 1. The lowest BCUT2D eigenvalue weighted by Gasteiger charge is -2.34. The first-order valence-corrected chi connectivity index (χ1v) is 8.38. The van der Waals surface area contributed by atoms with Crippen LogP contribution < -0.4 is 4.72 Å². The van der Waals surface area contributed by atoms with Crippen molar-refractivity contribution in [3.05, 3.63) is 35.1 Å². The Morgan fingerprint density at radius 1 is 1.50 bits per heavy atom. The Hall–Kier alpha value is -1.11. The van der Waals surface area contributed by atoms with Crippen molar-refractivity contribution in [2.45, 2.75) is 50.3 Å². The first-order valence-electron chi connectivity index (χ1n) is 7.23. The van der Waals surface area contributed by atoms with Crippen molar-refractivity contribution in [3.63, 3.8) is 0 Å². The van der Waals surface area contributed by atoms with Gasteiger partial charge < -0.3 is 9.29 Å². The van der Waals surface area contributed by atoms with E-state index in [9.17, 15) is 13.7 Å². The molecule has 1 aliphatic carbocycles. The molecule has 0 bridgehead atoms. The van der Waals surface area contributed by atoms with Crippen LogP contribution in [-0.4, -0.2) is 22.4 Å². The van der Waals surface area contributed by atoms with Gasteiger partial charge in [-0.2, -0.15) is 0 Å². The number of ether oxygens (including phenoxy) is 1. The summed E-state index contributed by atoms with van der Waals surface area (Å²) >= 11 is -1.38. The van der Waals surface area contributed by atoms with E-state index < -0.39 is 27.6 Å². The minimum atomic E-state index is -1.38. The highest BCUT2D eigenvalue weighted by Crippen LogP contribution is 2.41. The Bertz CT molecular complexity index is 573. The number of carbonyl (C=O) groups is 1. The summed E-state index contributed by atoms with van der Waals surface area (Å²) in [5, 5.41) is 0. The summed E-state index contributed by atoms with van der Waals surface area (Å²) in [4.78, 5) is 11.8. The van der Waals surface area contributed by atoms with E-state index in [-0.39, 0.29) is 12.2 Å². The maximum Gasteiger partial charge on any atom is 0.307 e. The molecule has 4 nitrogen and oxygen atoms in total. The summed E-state index contributed by atoms with van der Waals surface area (Å²) in [6.45, 7) is 5.55. The number of hydrogen-bond donors (Lipinski definition) is 1. The van der Waals surface area contributed by atoms with E-state index in [2.05, 4.69) is 4.72 Å². The number of hydrogen-bond acceptors (Lipinski definition) is 4. The highest BCUT2D eigenvalue weighted by atomic mass is 32.2. The molecule has 0 amide bonds. The van der Waals surface area contributed by atoms with Gasteiger partial charge in [0.1, 0.15) is 10.6 Å². The normalized spacial score (nSPS) is 22.3. The summed E-state index contributed by atoms with van der Waals surface area (Å²) in [7, 11) is 1.32. The standard InChI is InChI=1S/C16H22FNO3S/c1-15(2,3)22(20)18-16(10-14(19)21-4)8-7-11-5-6-12(17)9-13(11)16/h5-6,9,18H,7-8,10H2,1-4H3/t16-,22?/m0/s1. The van der Waals surface area contributed by atoms with Gasteiger partial charge in [-0.15, -0.1) is 4.72 Å². The number of rotatable bonds is 4. The van der Waals surface area contributed by atoms with Gasteiger partial charge in [0.25, 0.3) is 0 Å². The van der Waals surface area contributed by atoms with E-state index in [4.69, 9.17) is 4.74 Å². The van der Waals surface area contributed by atoms with Crippen LogP contribution in [0.3, 0.4) is 0 Å². The molecule has 0 saturated carbocycles. The third-order valence-electron chi connectivity index (χ3n) is 3.93. The van der Waals surface area contributed by atoms with Crippen molar-refractivity contribution in [2.75, 3.05) is 7.11 Å². The molecule has 0 heterocycles. The summed E-state index contributed by atoms with van der Waals surface area (Å²) < 4.78 is 33.6. The molecule has 0 aliphatic heterocycles. The third kappa shape index (κ3) is 3.45. The fraction of sp³-hybridized carbons (Fsp3) is 0.562. The van der Waals surface area contributed by atoms with Gasteiger partial charge in [-0.05, 0) is 56.9 Å². The van der Waals surface area contributed by atoms with E-state index in [1.165, 1.54) is 19.2 Å². The summed E-state index contributed by atoms with van der Waals surface area (Å²) in [5.41, 5.74) is 0.835. The van der Waals surface area contributed by atoms with Gasteiger partial charge in [0, 0.05) is 11.4 Å². The average molecular weight is 327 g/mol. The minimum Gasteiger partial charge on any atom is -0.598 e. The van der Waals surface area contributed by atoms with Gasteiger partial charge in [0.05, 0.1) is 19.1 Å². The second kappa shape index (κ2) is 6.18. The molecule has 1 aromatic carbocycles. The maximum atomic E-state index is 13.7. The van der Waals surface area contributed by atoms with E-state index in [1.54, 1.807) is 6.07 Å². The number of benzene rings is 1. The van der Waals surface area contributed by atoms with Crippen LogP contribution in [0.2, 0.25) is 0 Å². The predicted octanol–water partition coefficient (Wildman–Crippen LogP) is 2.58. The lowest BCUT2D eigenvalue weighted by Crippen LogP contribution is -2.51. The Kier molecular flexibility index (Phi) is 4.84. The predicted molar refractivity (Wildman–Crippen MR) is 84.1 cm³/mol. The fourth-order valence-electron chi connectivity index (χ4n) is 2.67. The topological polar surface area (TPSA) is 61.4 Å². The number of carbonyl (C=O) groups excluding carboxylic acids is 1. The summed E-state index contributed by atoms with van der Waals surface area (Å²) in [5.74, 6) is -0.770. The van der Waals surface area contributed by atoms with Crippen LogP contribution in [-0.2, 0) is 32.9 Å². The molecule has 1 aromatic rings. The summed E-state index contributed by atoms with van der Waals surface area (Å²) in [6, 6.07) is 4.57. The number of fused-ring (bicyclic) bond motifs is 1. The Morgan fingerprint density at radius 2 is 2.18 bits per heavy atom. The largest absolute Gasteiger partial charge is 0.598 e. The van der Waals surface area contributed by atoms with E-state index in [0.29, 0.717) is 18.4 Å². The molecule has 1 aliphatic rings. The maximum absolute atomic E-state index is 13.7. The van der Waals surface area contributed by atoms with Gasteiger partial charge in [0.2, 0.25) is 0 Å². The number of halogens is 1. The van der Waals surface area contributed by atoms with E-state index >= 15 is 0 Å². The second-order valence-electron chi connectivity index (χ2n) is 6.62. The highest BCUT2D eigenvalue weighted by Gasteiger charge is 2.46. The number of esters is 1. The first kappa shape index (κ1) is 17.2. The molecule has 1 unspecified atom stereocenters. The highest BCUT2D eigenvalue weighted by molar-refractivity contribution is 7.90. The molecule has 2 atom stereocenters. The number of methoxy groups -OCH3 is 1. The smallest absolute Gasteiger partial charge is 0.307 e. The number of nitrogens with one attached hydrogen (secondary N) is 1. The Morgan fingerprint density at radius 3 is 2.77 bits per heavy atom. The molecule has 122 valence electrons. The average Bonchev–Trinajstić information content (AvgIpc) is 2.76. The molecular weight excluding hydrogens is 305 g/mol. The zero-order valence-electron chi connectivity index (χ0n) is 13.4. The Labute approximate surface area is 133 Å². The molecule has 2 rings (SSSR count). The van der Waals surface area contributed by atoms with Gasteiger partial charge in [-0.3, -0.25) is 4.79 Å². The molecule has 0 aromatic heterocycles. The van der Waals surface area contributed by atoms with Crippen LogP contribution in [0, 0.1) is 5.82 Å². The van der Waals surface area contributed by atoms with Crippen molar-refractivity contribution in [3.8, 4) is 0 Å². The van der Waals surface area contributed by atoms with E-state index in [1.807, 2.05) is 20.8 Å². The van der Waals surface area contributed by atoms with Gasteiger partial charge in [-0.1, -0.05) is 6.07 Å². The quantitative estimate of drug-likeness (QED) is 0.682. The van der Waals surface area contributed by atoms with Crippen LogP contribution in [0.4, 0.5) is 4.39 Å².